The van der Waals surface area contributed by atoms with Crippen molar-refractivity contribution in [2.45, 2.75) is 6.92 Å². The van der Waals surface area contributed by atoms with Gasteiger partial charge in [0.2, 0.25) is 0 Å². The van der Waals surface area contributed by atoms with Gasteiger partial charge in [-0.1, -0.05) is 30.3 Å². The fraction of sp³-hybridized carbons (Fsp3) is 0.0625. The summed E-state index contributed by atoms with van der Waals surface area (Å²) in [5, 5.41) is 0. The van der Waals surface area contributed by atoms with Crippen molar-refractivity contribution in [1.29, 1.82) is 0 Å². The molecule has 0 saturated carbocycles. The van der Waals surface area contributed by atoms with Crippen LogP contribution in [0.25, 0.3) is 6.08 Å². The maximum Gasteiger partial charge on any atom is 0.185 e. The lowest BCUT2D eigenvalue weighted by atomic mass is 10.1. The maximum absolute atomic E-state index is 12.7. The van der Waals surface area contributed by atoms with E-state index in [0.717, 1.165) is 11.1 Å². The molecule has 0 bridgehead atoms. The summed E-state index contributed by atoms with van der Waals surface area (Å²) in [5.41, 5.74) is 2.61. The first-order valence-electron chi connectivity index (χ1n) is 5.70. The molecule has 2 aromatic rings. The molecule has 0 aromatic heterocycles. The van der Waals surface area contributed by atoms with Crippen molar-refractivity contribution < 1.29 is 9.18 Å². The van der Waals surface area contributed by atoms with E-state index in [1.54, 1.807) is 6.08 Å². The van der Waals surface area contributed by atoms with Gasteiger partial charge in [0.05, 0.1) is 0 Å². The van der Waals surface area contributed by atoms with Crippen LogP contribution in [0.15, 0.2) is 54.6 Å². The first-order chi connectivity index (χ1) is 8.66. The lowest BCUT2D eigenvalue weighted by Crippen LogP contribution is -1.94. The average molecular weight is 240 g/mol. The van der Waals surface area contributed by atoms with Crippen LogP contribution < -0.4 is 0 Å². The maximum atomic E-state index is 12.7. The van der Waals surface area contributed by atoms with Crippen LogP contribution in [0.2, 0.25) is 0 Å². The highest BCUT2D eigenvalue weighted by molar-refractivity contribution is 6.06. The van der Waals surface area contributed by atoms with E-state index < -0.39 is 0 Å². The Labute approximate surface area is 106 Å². The van der Waals surface area contributed by atoms with Crippen molar-refractivity contribution >= 4 is 11.9 Å². The van der Waals surface area contributed by atoms with Gasteiger partial charge in [0.25, 0.3) is 0 Å². The van der Waals surface area contributed by atoms with Crippen LogP contribution in [0.1, 0.15) is 21.5 Å². The Kier molecular flexibility index (Phi) is 3.68. The Morgan fingerprint density at radius 3 is 2.39 bits per heavy atom. The molecule has 18 heavy (non-hydrogen) atoms. The standard InChI is InChI=1S/C16H13FO/c1-12-4-2-3-5-13(12)8-11-16(18)14-6-9-15(17)10-7-14/h2-11H,1H3/b11-8+. The third-order valence-corrected chi connectivity index (χ3v) is 2.73. The van der Waals surface area contributed by atoms with E-state index in [1.165, 1.54) is 30.3 Å². The summed E-state index contributed by atoms with van der Waals surface area (Å²) < 4.78 is 12.7. The zero-order chi connectivity index (χ0) is 13.0. The molecular formula is C16H13FO. The number of halogens is 1. The molecule has 2 aromatic carbocycles. The van der Waals surface area contributed by atoms with Crippen molar-refractivity contribution in [3.05, 3.63) is 77.1 Å². The third kappa shape index (κ3) is 2.92. The second-order valence-electron chi connectivity index (χ2n) is 4.06. The summed E-state index contributed by atoms with van der Waals surface area (Å²) in [4.78, 5) is 11.8. The van der Waals surface area contributed by atoms with E-state index in [4.69, 9.17) is 0 Å². The lowest BCUT2D eigenvalue weighted by molar-refractivity contribution is 0.104. The number of hydrogen-bond donors (Lipinski definition) is 0. The predicted molar refractivity (Wildman–Crippen MR) is 70.9 cm³/mol. The molecule has 2 heteroatoms. The van der Waals surface area contributed by atoms with Crippen molar-refractivity contribution in [2.75, 3.05) is 0 Å². The number of allylic oxidation sites excluding steroid dienone is 1. The summed E-state index contributed by atoms with van der Waals surface area (Å²) in [7, 11) is 0. The summed E-state index contributed by atoms with van der Waals surface area (Å²) in [6, 6.07) is 13.4. The Morgan fingerprint density at radius 2 is 1.72 bits per heavy atom. The highest BCUT2D eigenvalue weighted by Crippen LogP contribution is 2.10. The van der Waals surface area contributed by atoms with Gasteiger partial charge < -0.3 is 0 Å². The van der Waals surface area contributed by atoms with Crippen LogP contribution in [0.5, 0.6) is 0 Å². The lowest BCUT2D eigenvalue weighted by Gasteiger charge is -1.99. The molecule has 0 saturated heterocycles. The highest BCUT2D eigenvalue weighted by atomic mass is 19.1. The van der Waals surface area contributed by atoms with E-state index in [1.807, 2.05) is 31.2 Å². The molecule has 0 fully saturated rings. The number of hydrogen-bond acceptors (Lipinski definition) is 1. The Bertz CT molecular complexity index is 582. The zero-order valence-corrected chi connectivity index (χ0v) is 10.1. The van der Waals surface area contributed by atoms with Crippen molar-refractivity contribution in [3.8, 4) is 0 Å². The first kappa shape index (κ1) is 12.2. The van der Waals surface area contributed by atoms with Crippen molar-refractivity contribution in [3.63, 3.8) is 0 Å². The largest absolute Gasteiger partial charge is 0.289 e. The molecule has 0 unspecified atom stereocenters. The van der Waals surface area contributed by atoms with Crippen LogP contribution in [0.4, 0.5) is 4.39 Å². The fourth-order valence-electron chi connectivity index (χ4n) is 1.65. The molecule has 0 radical (unpaired) electrons. The van der Waals surface area contributed by atoms with Gasteiger partial charge in [-0.15, -0.1) is 0 Å². The molecule has 0 spiro atoms. The number of carbonyl (C=O) groups is 1. The molecule has 0 amide bonds. The fourth-order valence-corrected chi connectivity index (χ4v) is 1.65. The van der Waals surface area contributed by atoms with Crippen LogP contribution in [-0.4, -0.2) is 5.78 Å². The Morgan fingerprint density at radius 1 is 1.06 bits per heavy atom. The van der Waals surface area contributed by atoms with E-state index >= 15 is 0 Å². The number of rotatable bonds is 3. The Balaban J connectivity index is 2.17. The van der Waals surface area contributed by atoms with Gasteiger partial charge in [-0.3, -0.25) is 4.79 Å². The quantitative estimate of drug-likeness (QED) is 0.584. The predicted octanol–water partition coefficient (Wildman–Crippen LogP) is 4.03. The molecule has 1 nitrogen and oxygen atoms in total. The molecule has 0 aliphatic carbocycles. The van der Waals surface area contributed by atoms with Crippen LogP contribution >= 0.6 is 0 Å². The van der Waals surface area contributed by atoms with Crippen LogP contribution in [0, 0.1) is 12.7 Å². The minimum atomic E-state index is -0.338. The van der Waals surface area contributed by atoms with E-state index in [9.17, 15) is 9.18 Å². The number of carbonyl (C=O) groups excluding carboxylic acids is 1. The van der Waals surface area contributed by atoms with E-state index in [-0.39, 0.29) is 11.6 Å². The molecule has 0 aliphatic heterocycles. The van der Waals surface area contributed by atoms with Gasteiger partial charge in [-0.05, 0) is 48.4 Å². The van der Waals surface area contributed by atoms with Gasteiger partial charge in [0, 0.05) is 5.56 Å². The van der Waals surface area contributed by atoms with Crippen molar-refractivity contribution in [2.24, 2.45) is 0 Å². The summed E-state index contributed by atoms with van der Waals surface area (Å²) in [6.45, 7) is 1.99. The molecule has 0 heterocycles. The summed E-state index contributed by atoms with van der Waals surface area (Å²) in [5.74, 6) is -0.465. The third-order valence-electron chi connectivity index (χ3n) is 2.73. The summed E-state index contributed by atoms with van der Waals surface area (Å²) in [6.07, 6.45) is 3.29. The SMILES string of the molecule is Cc1ccccc1/C=C/C(=O)c1ccc(F)cc1. The van der Waals surface area contributed by atoms with E-state index in [0.29, 0.717) is 5.56 Å². The molecular weight excluding hydrogens is 227 g/mol. The smallest absolute Gasteiger partial charge is 0.185 e. The van der Waals surface area contributed by atoms with Crippen LogP contribution in [0.3, 0.4) is 0 Å². The van der Waals surface area contributed by atoms with E-state index in [2.05, 4.69) is 0 Å². The molecule has 2 rings (SSSR count). The normalized spacial score (nSPS) is 10.8. The zero-order valence-electron chi connectivity index (χ0n) is 10.1. The topological polar surface area (TPSA) is 17.1 Å². The number of benzene rings is 2. The second kappa shape index (κ2) is 5.41. The number of ketones is 1. The first-order valence-corrected chi connectivity index (χ1v) is 5.70. The van der Waals surface area contributed by atoms with Crippen molar-refractivity contribution in [1.82, 2.24) is 0 Å². The van der Waals surface area contributed by atoms with Gasteiger partial charge in [0.15, 0.2) is 5.78 Å². The molecule has 90 valence electrons. The molecule has 0 N–H and O–H groups in total. The van der Waals surface area contributed by atoms with Gasteiger partial charge in [-0.25, -0.2) is 4.39 Å². The van der Waals surface area contributed by atoms with Crippen LogP contribution in [-0.2, 0) is 0 Å². The molecule has 0 atom stereocenters. The monoisotopic (exact) mass is 240 g/mol. The summed E-state index contributed by atoms with van der Waals surface area (Å²) >= 11 is 0. The minimum absolute atomic E-state index is 0.127. The van der Waals surface area contributed by atoms with Gasteiger partial charge in [-0.2, -0.15) is 0 Å². The minimum Gasteiger partial charge on any atom is -0.289 e. The van der Waals surface area contributed by atoms with Gasteiger partial charge in [0.1, 0.15) is 5.82 Å². The molecule has 0 aliphatic rings. The van der Waals surface area contributed by atoms with Gasteiger partial charge >= 0.3 is 0 Å². The number of aryl methyl sites for hydroxylation is 1. The second-order valence-corrected chi connectivity index (χ2v) is 4.06. The highest BCUT2D eigenvalue weighted by Gasteiger charge is 2.01. The average Bonchev–Trinajstić information content (AvgIpc) is 2.38. The Hall–Kier alpha value is -2.22.